The zero-order valence-electron chi connectivity index (χ0n) is 8.60. The lowest BCUT2D eigenvalue weighted by Gasteiger charge is -2.10. The highest BCUT2D eigenvalue weighted by atomic mass is 35.5. The standard InChI is InChI=1S/C13H9Cl2F/c1-8-9(4-2-5-10(8)14)13-11(15)6-3-7-12(13)16/h2-7H,1H3. The molecule has 0 heterocycles. The first-order valence-electron chi connectivity index (χ1n) is 4.80. The van der Waals surface area contributed by atoms with Crippen molar-refractivity contribution in [1.82, 2.24) is 0 Å². The van der Waals surface area contributed by atoms with E-state index >= 15 is 0 Å². The molecule has 0 unspecified atom stereocenters. The maximum atomic E-state index is 13.7. The summed E-state index contributed by atoms with van der Waals surface area (Å²) in [4.78, 5) is 0. The van der Waals surface area contributed by atoms with Gasteiger partial charge in [0.1, 0.15) is 5.82 Å². The summed E-state index contributed by atoms with van der Waals surface area (Å²) in [6, 6.07) is 10.0. The zero-order valence-corrected chi connectivity index (χ0v) is 10.1. The Hall–Kier alpha value is -1.05. The highest BCUT2D eigenvalue weighted by molar-refractivity contribution is 6.34. The summed E-state index contributed by atoms with van der Waals surface area (Å²) in [5, 5.41) is 1.00. The van der Waals surface area contributed by atoms with Crippen molar-refractivity contribution in [3.63, 3.8) is 0 Å². The van der Waals surface area contributed by atoms with E-state index in [-0.39, 0.29) is 5.82 Å². The van der Waals surface area contributed by atoms with E-state index in [1.165, 1.54) is 6.07 Å². The minimum Gasteiger partial charge on any atom is -0.206 e. The Bertz CT molecular complexity index is 515. The lowest BCUT2D eigenvalue weighted by atomic mass is 10.00. The van der Waals surface area contributed by atoms with E-state index in [1.54, 1.807) is 24.3 Å². The smallest absolute Gasteiger partial charge is 0.132 e. The lowest BCUT2D eigenvalue weighted by molar-refractivity contribution is 0.631. The quantitative estimate of drug-likeness (QED) is 0.664. The van der Waals surface area contributed by atoms with Gasteiger partial charge in [-0.25, -0.2) is 4.39 Å². The van der Waals surface area contributed by atoms with Crippen molar-refractivity contribution in [2.75, 3.05) is 0 Å². The van der Waals surface area contributed by atoms with Crippen LogP contribution >= 0.6 is 23.2 Å². The van der Waals surface area contributed by atoms with Crippen LogP contribution in [0.2, 0.25) is 10.0 Å². The fourth-order valence-electron chi connectivity index (χ4n) is 1.63. The molecule has 0 atom stereocenters. The highest BCUT2D eigenvalue weighted by Gasteiger charge is 2.12. The van der Waals surface area contributed by atoms with Crippen LogP contribution in [0.15, 0.2) is 36.4 Å². The van der Waals surface area contributed by atoms with Crippen molar-refractivity contribution < 1.29 is 4.39 Å². The molecule has 0 aliphatic carbocycles. The van der Waals surface area contributed by atoms with Crippen molar-refractivity contribution in [2.24, 2.45) is 0 Å². The van der Waals surface area contributed by atoms with Crippen LogP contribution in [0.5, 0.6) is 0 Å². The van der Waals surface area contributed by atoms with Crippen LogP contribution in [-0.2, 0) is 0 Å². The van der Waals surface area contributed by atoms with Gasteiger partial charge in [0, 0.05) is 10.6 Å². The Balaban J connectivity index is 2.73. The van der Waals surface area contributed by atoms with Gasteiger partial charge in [-0.2, -0.15) is 0 Å². The molecule has 0 saturated heterocycles. The first kappa shape index (κ1) is 11.4. The van der Waals surface area contributed by atoms with E-state index in [0.717, 1.165) is 11.1 Å². The molecule has 0 bridgehead atoms. The van der Waals surface area contributed by atoms with Crippen molar-refractivity contribution in [2.45, 2.75) is 6.92 Å². The third-order valence-corrected chi connectivity index (χ3v) is 3.22. The third kappa shape index (κ3) is 1.93. The number of rotatable bonds is 1. The molecular weight excluding hydrogens is 246 g/mol. The number of halogens is 3. The average Bonchev–Trinajstić information content (AvgIpc) is 2.24. The second-order valence-electron chi connectivity index (χ2n) is 3.51. The summed E-state index contributed by atoms with van der Waals surface area (Å²) in [6.45, 7) is 1.85. The summed E-state index contributed by atoms with van der Waals surface area (Å²) in [6.07, 6.45) is 0. The maximum Gasteiger partial charge on any atom is 0.132 e. The minimum absolute atomic E-state index is 0.335. The second kappa shape index (κ2) is 4.44. The van der Waals surface area contributed by atoms with Crippen LogP contribution < -0.4 is 0 Å². The number of hydrogen-bond acceptors (Lipinski definition) is 0. The molecule has 0 amide bonds. The van der Waals surface area contributed by atoms with E-state index in [0.29, 0.717) is 15.6 Å². The van der Waals surface area contributed by atoms with Crippen molar-refractivity contribution in [1.29, 1.82) is 0 Å². The molecule has 16 heavy (non-hydrogen) atoms. The number of benzene rings is 2. The molecule has 2 rings (SSSR count). The van der Waals surface area contributed by atoms with E-state index in [4.69, 9.17) is 23.2 Å². The predicted octanol–water partition coefficient (Wildman–Crippen LogP) is 5.11. The van der Waals surface area contributed by atoms with Crippen LogP contribution in [0.3, 0.4) is 0 Å². The lowest BCUT2D eigenvalue weighted by Crippen LogP contribution is -1.89. The number of hydrogen-bond donors (Lipinski definition) is 0. The van der Waals surface area contributed by atoms with Gasteiger partial charge >= 0.3 is 0 Å². The van der Waals surface area contributed by atoms with Crippen molar-refractivity contribution in [3.8, 4) is 11.1 Å². The second-order valence-corrected chi connectivity index (χ2v) is 4.32. The van der Waals surface area contributed by atoms with Crippen LogP contribution in [0.4, 0.5) is 4.39 Å². The molecule has 0 aliphatic heterocycles. The fourth-order valence-corrected chi connectivity index (χ4v) is 2.07. The van der Waals surface area contributed by atoms with Gasteiger partial charge < -0.3 is 0 Å². The molecule has 0 aliphatic rings. The topological polar surface area (TPSA) is 0 Å². The van der Waals surface area contributed by atoms with Gasteiger partial charge in [0.05, 0.1) is 5.02 Å². The van der Waals surface area contributed by atoms with Gasteiger partial charge in [0.2, 0.25) is 0 Å². The molecule has 0 saturated carbocycles. The largest absolute Gasteiger partial charge is 0.206 e. The summed E-state index contributed by atoms with van der Waals surface area (Å²) >= 11 is 12.0. The molecule has 82 valence electrons. The Labute approximate surface area is 104 Å². The molecular formula is C13H9Cl2F. The average molecular weight is 255 g/mol. The molecule has 0 N–H and O–H groups in total. The Morgan fingerprint density at radius 3 is 2.25 bits per heavy atom. The van der Waals surface area contributed by atoms with Gasteiger partial charge in [0.25, 0.3) is 0 Å². The highest BCUT2D eigenvalue weighted by Crippen LogP contribution is 2.34. The maximum absolute atomic E-state index is 13.7. The summed E-state index contributed by atoms with van der Waals surface area (Å²) in [5.74, 6) is -0.335. The SMILES string of the molecule is Cc1c(Cl)cccc1-c1c(F)cccc1Cl. The van der Waals surface area contributed by atoms with Gasteiger partial charge in [-0.3, -0.25) is 0 Å². The van der Waals surface area contributed by atoms with E-state index in [9.17, 15) is 4.39 Å². The molecule has 0 spiro atoms. The van der Waals surface area contributed by atoms with Crippen LogP contribution in [-0.4, -0.2) is 0 Å². The molecule has 2 aromatic rings. The Kier molecular flexibility index (Phi) is 3.17. The zero-order chi connectivity index (χ0) is 11.7. The van der Waals surface area contributed by atoms with E-state index < -0.39 is 0 Å². The molecule has 3 heteroatoms. The molecule has 0 fully saturated rings. The first-order valence-corrected chi connectivity index (χ1v) is 5.56. The van der Waals surface area contributed by atoms with Crippen molar-refractivity contribution in [3.05, 3.63) is 57.8 Å². The third-order valence-electron chi connectivity index (χ3n) is 2.50. The predicted molar refractivity (Wildman–Crippen MR) is 66.6 cm³/mol. The summed E-state index contributed by atoms with van der Waals surface area (Å²) in [7, 11) is 0. The minimum atomic E-state index is -0.335. The molecule has 0 aromatic heterocycles. The van der Waals surface area contributed by atoms with E-state index in [2.05, 4.69) is 0 Å². The van der Waals surface area contributed by atoms with Crippen molar-refractivity contribution >= 4 is 23.2 Å². The Morgan fingerprint density at radius 2 is 1.56 bits per heavy atom. The fraction of sp³-hybridized carbons (Fsp3) is 0.0769. The molecule has 2 aromatic carbocycles. The Morgan fingerprint density at radius 1 is 0.938 bits per heavy atom. The van der Waals surface area contributed by atoms with E-state index in [1.807, 2.05) is 13.0 Å². The van der Waals surface area contributed by atoms with Crippen LogP contribution in [0.1, 0.15) is 5.56 Å². The van der Waals surface area contributed by atoms with Crippen LogP contribution in [0, 0.1) is 12.7 Å². The normalized spacial score (nSPS) is 10.5. The van der Waals surface area contributed by atoms with Gasteiger partial charge in [-0.15, -0.1) is 0 Å². The molecule has 0 nitrogen and oxygen atoms in total. The summed E-state index contributed by atoms with van der Waals surface area (Å²) < 4.78 is 13.7. The summed E-state index contributed by atoms with van der Waals surface area (Å²) in [5.41, 5.74) is 1.97. The monoisotopic (exact) mass is 254 g/mol. The van der Waals surface area contributed by atoms with Gasteiger partial charge in [-0.1, -0.05) is 41.4 Å². The van der Waals surface area contributed by atoms with Gasteiger partial charge in [-0.05, 0) is 36.2 Å². The first-order chi connectivity index (χ1) is 7.61. The molecule has 0 radical (unpaired) electrons. The van der Waals surface area contributed by atoms with Gasteiger partial charge in [0.15, 0.2) is 0 Å². The van der Waals surface area contributed by atoms with Crippen LogP contribution in [0.25, 0.3) is 11.1 Å².